The Kier molecular flexibility index (Phi) is 9.83. The molecule has 3 N–H and O–H groups in total. The molecule has 0 aliphatic carbocycles. The number of ether oxygens (including phenoxy) is 1. The van der Waals surface area contributed by atoms with E-state index in [9.17, 15) is 4.79 Å². The molecule has 1 saturated heterocycles. The van der Waals surface area contributed by atoms with E-state index in [4.69, 9.17) is 9.84 Å². The molecule has 19 heavy (non-hydrogen) atoms. The molecule has 0 aromatic heterocycles. The molecule has 5 nitrogen and oxygen atoms in total. The van der Waals surface area contributed by atoms with Gasteiger partial charge in [0.25, 0.3) is 0 Å². The van der Waals surface area contributed by atoms with Gasteiger partial charge in [0.05, 0.1) is 6.10 Å². The first kappa shape index (κ1) is 18.4. The topological polar surface area (TPSA) is 81.3 Å². The number of hydrogen-bond donors (Lipinski definition) is 1. The van der Waals surface area contributed by atoms with Crippen molar-refractivity contribution in [1.82, 2.24) is 4.90 Å². The first-order chi connectivity index (χ1) is 8.61. The Bertz CT molecular complexity index is 246. The van der Waals surface area contributed by atoms with E-state index in [1.54, 1.807) is 0 Å². The Morgan fingerprint density at radius 2 is 2.00 bits per heavy atom. The zero-order valence-corrected chi connectivity index (χ0v) is 12.2. The van der Waals surface area contributed by atoms with Crippen molar-refractivity contribution in [2.45, 2.75) is 64.5 Å². The predicted molar refractivity (Wildman–Crippen MR) is 75.4 cm³/mol. The summed E-state index contributed by atoms with van der Waals surface area (Å²) in [6.07, 6.45) is 6.73. The molecule has 1 heterocycles. The minimum Gasteiger partial charge on any atom is -0.480 e. The molecule has 1 fully saturated rings. The number of aliphatic carboxylic acids is 1. The zero-order chi connectivity index (χ0) is 13.4. The highest BCUT2D eigenvalue weighted by Crippen LogP contribution is 2.18. The van der Waals surface area contributed by atoms with Crippen molar-refractivity contribution in [2.75, 3.05) is 19.7 Å². The van der Waals surface area contributed by atoms with Gasteiger partial charge in [0.1, 0.15) is 6.04 Å². The molecule has 1 aliphatic rings. The minimum absolute atomic E-state index is 0. The fourth-order valence-electron chi connectivity index (χ4n) is 2.46. The van der Waals surface area contributed by atoms with Crippen LogP contribution in [-0.2, 0) is 9.53 Å². The highest BCUT2D eigenvalue weighted by atomic mass is 16.5. The van der Waals surface area contributed by atoms with Crippen LogP contribution in [0.4, 0.5) is 0 Å². The van der Waals surface area contributed by atoms with Crippen LogP contribution < -0.4 is 0 Å². The van der Waals surface area contributed by atoms with Gasteiger partial charge in [-0.3, -0.25) is 9.69 Å². The largest absolute Gasteiger partial charge is 0.480 e. The number of hydrogen-bond acceptors (Lipinski definition) is 3. The second-order valence-electron chi connectivity index (χ2n) is 5.37. The molecular weight excluding hydrogens is 246 g/mol. The summed E-state index contributed by atoms with van der Waals surface area (Å²) in [6, 6.07) is -0.228. The van der Waals surface area contributed by atoms with Crippen LogP contribution in [0, 0.1) is 0 Å². The lowest BCUT2D eigenvalue weighted by Crippen LogP contribution is -2.36. The first-order valence-corrected chi connectivity index (χ1v) is 7.19. The number of nitrogens with zero attached hydrogens (tertiary/aromatic N) is 1. The summed E-state index contributed by atoms with van der Waals surface area (Å²) in [5.41, 5.74) is 0. The minimum atomic E-state index is -0.655. The van der Waals surface area contributed by atoms with Gasteiger partial charge in [0.2, 0.25) is 0 Å². The number of carbonyl (C=O) groups is 1. The lowest BCUT2D eigenvalue weighted by atomic mass is 10.2. The molecule has 1 aliphatic heterocycles. The van der Waals surface area contributed by atoms with E-state index in [2.05, 4.69) is 18.7 Å². The van der Waals surface area contributed by atoms with Gasteiger partial charge in [-0.1, -0.05) is 12.8 Å². The van der Waals surface area contributed by atoms with Gasteiger partial charge in [-0.2, -0.15) is 0 Å². The van der Waals surface area contributed by atoms with E-state index in [-0.39, 0.29) is 11.5 Å². The Morgan fingerprint density at radius 3 is 2.63 bits per heavy atom. The van der Waals surface area contributed by atoms with Crippen LogP contribution in [0.3, 0.4) is 0 Å². The summed E-state index contributed by atoms with van der Waals surface area (Å²) < 4.78 is 5.48. The molecule has 0 amide bonds. The standard InChI is InChI=1S/C14H27NO3.H2O/c1-12(2)18-11-6-4-3-5-9-15-10-7-8-13(15)14(16)17;/h12-13H,3-11H2,1-2H3,(H,16,17);1H2. The lowest BCUT2D eigenvalue weighted by Gasteiger charge is -2.20. The molecule has 5 heteroatoms. The van der Waals surface area contributed by atoms with Crippen molar-refractivity contribution in [3.05, 3.63) is 0 Å². The van der Waals surface area contributed by atoms with Crippen LogP contribution in [-0.4, -0.2) is 53.3 Å². The van der Waals surface area contributed by atoms with Crippen LogP contribution in [0.25, 0.3) is 0 Å². The third kappa shape index (κ3) is 7.50. The first-order valence-electron chi connectivity index (χ1n) is 7.19. The molecule has 0 saturated carbocycles. The molecule has 1 unspecified atom stereocenters. The second kappa shape index (κ2) is 10.2. The third-order valence-corrected chi connectivity index (χ3v) is 3.44. The van der Waals surface area contributed by atoms with E-state index in [1.165, 1.54) is 12.8 Å². The summed E-state index contributed by atoms with van der Waals surface area (Å²) >= 11 is 0. The van der Waals surface area contributed by atoms with E-state index in [0.717, 1.165) is 45.4 Å². The van der Waals surface area contributed by atoms with Gasteiger partial charge >= 0.3 is 5.97 Å². The maximum Gasteiger partial charge on any atom is 0.320 e. The van der Waals surface area contributed by atoms with Gasteiger partial charge in [-0.25, -0.2) is 0 Å². The Labute approximate surface area is 116 Å². The third-order valence-electron chi connectivity index (χ3n) is 3.44. The fourth-order valence-corrected chi connectivity index (χ4v) is 2.46. The smallest absolute Gasteiger partial charge is 0.320 e. The molecule has 0 aromatic carbocycles. The van der Waals surface area contributed by atoms with Crippen molar-refractivity contribution in [3.63, 3.8) is 0 Å². The highest BCUT2D eigenvalue weighted by Gasteiger charge is 2.29. The monoisotopic (exact) mass is 275 g/mol. The number of likely N-dealkylation sites (tertiary alicyclic amines) is 1. The van der Waals surface area contributed by atoms with Crippen molar-refractivity contribution < 1.29 is 20.1 Å². The lowest BCUT2D eigenvalue weighted by molar-refractivity contribution is -0.142. The second-order valence-corrected chi connectivity index (χ2v) is 5.37. The molecule has 0 spiro atoms. The Hall–Kier alpha value is -0.650. The average Bonchev–Trinajstić information content (AvgIpc) is 2.75. The maximum absolute atomic E-state index is 11.0. The van der Waals surface area contributed by atoms with Crippen molar-refractivity contribution >= 4 is 5.97 Å². The quantitative estimate of drug-likeness (QED) is 0.649. The van der Waals surface area contributed by atoms with Gasteiger partial charge in [0.15, 0.2) is 0 Å². The van der Waals surface area contributed by atoms with Crippen LogP contribution in [0.2, 0.25) is 0 Å². The van der Waals surface area contributed by atoms with E-state index >= 15 is 0 Å². The normalized spacial score (nSPS) is 19.6. The summed E-state index contributed by atoms with van der Waals surface area (Å²) in [5, 5.41) is 9.05. The molecule has 114 valence electrons. The summed E-state index contributed by atoms with van der Waals surface area (Å²) in [6.45, 7) is 6.84. The van der Waals surface area contributed by atoms with Crippen molar-refractivity contribution in [2.24, 2.45) is 0 Å². The van der Waals surface area contributed by atoms with E-state index in [1.807, 2.05) is 0 Å². The van der Waals surface area contributed by atoms with Crippen LogP contribution in [0.15, 0.2) is 0 Å². The molecular formula is C14H29NO4. The molecule has 1 rings (SSSR count). The van der Waals surface area contributed by atoms with Gasteiger partial charge in [-0.05, 0) is 52.6 Å². The zero-order valence-electron chi connectivity index (χ0n) is 12.2. The van der Waals surface area contributed by atoms with Crippen LogP contribution in [0.1, 0.15) is 52.4 Å². The highest BCUT2D eigenvalue weighted by molar-refractivity contribution is 5.73. The summed E-state index contributed by atoms with van der Waals surface area (Å²) in [7, 11) is 0. The van der Waals surface area contributed by atoms with Crippen LogP contribution >= 0.6 is 0 Å². The number of unbranched alkanes of at least 4 members (excludes halogenated alkanes) is 3. The number of carboxylic acids is 1. The van der Waals surface area contributed by atoms with Gasteiger partial charge in [0, 0.05) is 6.61 Å². The molecule has 0 radical (unpaired) electrons. The molecule has 0 bridgehead atoms. The predicted octanol–water partition coefficient (Wildman–Crippen LogP) is 1.70. The Morgan fingerprint density at radius 1 is 1.32 bits per heavy atom. The number of carboxylic acid groups (broad SMARTS) is 1. The van der Waals surface area contributed by atoms with E-state index in [0.29, 0.717) is 6.10 Å². The molecule has 0 aromatic rings. The van der Waals surface area contributed by atoms with Crippen molar-refractivity contribution in [1.29, 1.82) is 0 Å². The van der Waals surface area contributed by atoms with Crippen LogP contribution in [0.5, 0.6) is 0 Å². The summed E-state index contributed by atoms with van der Waals surface area (Å²) in [4.78, 5) is 13.1. The van der Waals surface area contributed by atoms with Gasteiger partial charge < -0.3 is 15.3 Å². The Balaban J connectivity index is 0.00000324. The SMILES string of the molecule is CC(C)OCCCCCCN1CCCC1C(=O)O.O. The number of rotatable bonds is 9. The average molecular weight is 275 g/mol. The molecule has 1 atom stereocenters. The fraction of sp³-hybridized carbons (Fsp3) is 0.929. The van der Waals surface area contributed by atoms with E-state index < -0.39 is 5.97 Å². The maximum atomic E-state index is 11.0. The van der Waals surface area contributed by atoms with Crippen molar-refractivity contribution in [3.8, 4) is 0 Å². The summed E-state index contributed by atoms with van der Waals surface area (Å²) in [5.74, 6) is -0.655. The van der Waals surface area contributed by atoms with Gasteiger partial charge in [-0.15, -0.1) is 0 Å².